The molecule has 0 aliphatic rings. The van der Waals surface area contributed by atoms with Crippen LogP contribution in [0.1, 0.15) is 95.6 Å². The first-order valence-electron chi connectivity index (χ1n) is 14.7. The zero-order chi connectivity index (χ0) is 26.8. The summed E-state index contributed by atoms with van der Waals surface area (Å²) < 4.78 is 12.6. The lowest BCUT2D eigenvalue weighted by Crippen LogP contribution is -2.39. The van der Waals surface area contributed by atoms with E-state index in [1.807, 2.05) is 12.1 Å². The summed E-state index contributed by atoms with van der Waals surface area (Å²) >= 11 is 0. The lowest BCUT2D eigenvalue weighted by molar-refractivity contribution is -0.903. The molecule has 0 radical (unpaired) electrons. The van der Waals surface area contributed by atoms with Crippen LogP contribution < -0.4 is 4.74 Å². The van der Waals surface area contributed by atoms with Crippen molar-refractivity contribution in [3.05, 3.63) is 65.7 Å². The van der Waals surface area contributed by atoms with Crippen LogP contribution in [0.15, 0.2) is 54.6 Å². The van der Waals surface area contributed by atoms with Crippen molar-refractivity contribution in [3.63, 3.8) is 0 Å². The molecule has 0 N–H and O–H groups in total. The third-order valence-corrected chi connectivity index (χ3v) is 7.00. The van der Waals surface area contributed by atoms with E-state index in [9.17, 15) is 4.79 Å². The second-order valence-electron chi connectivity index (χ2n) is 11.1. The molecule has 1 atom stereocenters. The number of unbranched alkanes of at least 4 members (excludes halogenated alkanes) is 7. The molecule has 0 spiro atoms. The van der Waals surface area contributed by atoms with Crippen LogP contribution in [0.5, 0.6) is 5.75 Å². The topological polar surface area (TPSA) is 35.5 Å². The molecule has 2 aromatic carbocycles. The van der Waals surface area contributed by atoms with Crippen molar-refractivity contribution in [1.82, 2.24) is 0 Å². The van der Waals surface area contributed by atoms with Gasteiger partial charge >= 0.3 is 5.97 Å². The Balaban J connectivity index is 1.65. The first-order chi connectivity index (χ1) is 17.9. The van der Waals surface area contributed by atoms with Crippen molar-refractivity contribution in [2.75, 3.05) is 27.2 Å². The van der Waals surface area contributed by atoms with Gasteiger partial charge in [-0.05, 0) is 37.0 Å². The van der Waals surface area contributed by atoms with Crippen molar-refractivity contribution in [2.24, 2.45) is 0 Å². The van der Waals surface area contributed by atoms with Crippen LogP contribution in [0.3, 0.4) is 0 Å². The molecule has 0 heterocycles. The van der Waals surface area contributed by atoms with Crippen LogP contribution in [0.2, 0.25) is 0 Å². The largest absolute Gasteiger partial charge is 0.487 e. The van der Waals surface area contributed by atoms with E-state index in [4.69, 9.17) is 9.47 Å². The highest BCUT2D eigenvalue weighted by Gasteiger charge is 2.18. The Kier molecular flexibility index (Phi) is 15.0. The predicted molar refractivity (Wildman–Crippen MR) is 155 cm³/mol. The average Bonchev–Trinajstić information content (AvgIpc) is 2.88. The van der Waals surface area contributed by atoms with Crippen LogP contribution in [-0.4, -0.2) is 43.8 Å². The van der Waals surface area contributed by atoms with E-state index in [1.54, 1.807) is 0 Å². The first-order valence-corrected chi connectivity index (χ1v) is 14.7. The standard InChI is InChI=1S/C33H52NO3/c1-5-7-8-9-10-11-12-14-19-29-22-17-23-32(26-29)37-31(6-2)28-36-33(35)24-18-25-34(3,4)27-30-20-15-13-16-21-30/h13,15-17,20-23,26,31H,5-12,14,18-19,24-25,27-28H2,1-4H3/q+1. The van der Waals surface area contributed by atoms with E-state index < -0.39 is 0 Å². The van der Waals surface area contributed by atoms with Gasteiger partial charge in [-0.25, -0.2) is 0 Å². The highest BCUT2D eigenvalue weighted by molar-refractivity contribution is 5.69. The Morgan fingerprint density at radius 1 is 0.811 bits per heavy atom. The molecule has 0 fully saturated rings. The van der Waals surface area contributed by atoms with Gasteiger partial charge in [-0.3, -0.25) is 4.79 Å². The van der Waals surface area contributed by atoms with Gasteiger partial charge < -0.3 is 14.0 Å². The first kappa shape index (κ1) is 30.9. The summed E-state index contributed by atoms with van der Waals surface area (Å²) in [6.45, 7) is 6.54. The van der Waals surface area contributed by atoms with Gasteiger partial charge in [0.05, 0.1) is 27.1 Å². The normalized spacial score (nSPS) is 12.3. The van der Waals surface area contributed by atoms with Gasteiger partial charge in [-0.15, -0.1) is 0 Å². The number of quaternary nitrogens is 1. The molecule has 0 aromatic heterocycles. The number of aryl methyl sites for hydroxylation is 1. The molecular weight excluding hydrogens is 458 g/mol. The Morgan fingerprint density at radius 2 is 1.49 bits per heavy atom. The number of nitrogens with zero attached hydrogens (tertiary/aromatic N) is 1. The number of hydrogen-bond acceptors (Lipinski definition) is 3. The number of esters is 1. The summed E-state index contributed by atoms with van der Waals surface area (Å²) in [6, 6.07) is 18.9. The summed E-state index contributed by atoms with van der Waals surface area (Å²) in [5.74, 6) is 0.741. The predicted octanol–water partition coefficient (Wildman–Crippen LogP) is 8.13. The minimum absolute atomic E-state index is 0.118. The Morgan fingerprint density at radius 3 is 2.19 bits per heavy atom. The fourth-order valence-electron chi connectivity index (χ4n) is 4.73. The maximum atomic E-state index is 12.4. The van der Waals surface area contributed by atoms with Gasteiger partial charge in [-0.2, -0.15) is 0 Å². The fourth-order valence-corrected chi connectivity index (χ4v) is 4.73. The summed E-state index contributed by atoms with van der Waals surface area (Å²) in [6.07, 6.45) is 13.7. The highest BCUT2D eigenvalue weighted by atomic mass is 16.6. The van der Waals surface area contributed by atoms with Crippen LogP contribution in [0.4, 0.5) is 0 Å². The second-order valence-corrected chi connectivity index (χ2v) is 11.1. The highest BCUT2D eigenvalue weighted by Crippen LogP contribution is 2.19. The lowest BCUT2D eigenvalue weighted by Gasteiger charge is -2.29. The van der Waals surface area contributed by atoms with Crippen LogP contribution in [0.25, 0.3) is 0 Å². The van der Waals surface area contributed by atoms with Gasteiger partial charge in [0.25, 0.3) is 0 Å². The lowest BCUT2D eigenvalue weighted by atomic mass is 10.0. The van der Waals surface area contributed by atoms with Gasteiger partial charge in [0.1, 0.15) is 25.0 Å². The van der Waals surface area contributed by atoms with Crippen molar-refractivity contribution in [2.45, 2.75) is 104 Å². The van der Waals surface area contributed by atoms with Gasteiger partial charge in [0.2, 0.25) is 0 Å². The molecule has 0 bridgehead atoms. The second kappa shape index (κ2) is 18.0. The molecule has 0 saturated heterocycles. The van der Waals surface area contributed by atoms with Crippen molar-refractivity contribution in [1.29, 1.82) is 0 Å². The molecule has 2 rings (SSSR count). The third-order valence-electron chi connectivity index (χ3n) is 7.00. The molecule has 4 nitrogen and oxygen atoms in total. The molecule has 1 unspecified atom stereocenters. The van der Waals surface area contributed by atoms with E-state index in [0.29, 0.717) is 13.0 Å². The van der Waals surface area contributed by atoms with E-state index in [2.05, 4.69) is 70.4 Å². The quantitative estimate of drug-likeness (QED) is 0.102. The zero-order valence-electron chi connectivity index (χ0n) is 24.1. The summed E-state index contributed by atoms with van der Waals surface area (Å²) in [4.78, 5) is 12.4. The van der Waals surface area contributed by atoms with Gasteiger partial charge in [-0.1, -0.05) is 101 Å². The molecule has 4 heteroatoms. The number of hydrogen-bond donors (Lipinski definition) is 0. The molecule has 0 amide bonds. The van der Waals surface area contributed by atoms with Crippen molar-refractivity contribution < 1.29 is 18.8 Å². The number of ether oxygens (including phenoxy) is 2. The summed E-state index contributed by atoms with van der Waals surface area (Å²) in [5.41, 5.74) is 2.64. The average molecular weight is 511 g/mol. The van der Waals surface area contributed by atoms with E-state index in [1.165, 1.54) is 62.5 Å². The van der Waals surface area contributed by atoms with E-state index >= 15 is 0 Å². The molecular formula is C33H52NO3+. The minimum Gasteiger partial charge on any atom is -0.487 e. The SMILES string of the molecule is CCCCCCCCCCc1cccc(OC(CC)COC(=O)CCC[N+](C)(C)Cc2ccccc2)c1. The number of benzene rings is 2. The minimum atomic E-state index is -0.134. The monoisotopic (exact) mass is 510 g/mol. The van der Waals surface area contributed by atoms with Crippen LogP contribution in [0, 0.1) is 0 Å². The number of rotatable bonds is 20. The van der Waals surface area contributed by atoms with E-state index in [-0.39, 0.29) is 12.1 Å². The Hall–Kier alpha value is -2.33. The molecule has 0 saturated carbocycles. The fraction of sp³-hybridized carbons (Fsp3) is 0.606. The van der Waals surface area contributed by atoms with Gasteiger partial charge in [0, 0.05) is 12.0 Å². The summed E-state index contributed by atoms with van der Waals surface area (Å²) in [7, 11) is 4.42. The van der Waals surface area contributed by atoms with Gasteiger partial charge in [0.15, 0.2) is 0 Å². The Bertz CT molecular complexity index is 865. The van der Waals surface area contributed by atoms with Crippen LogP contribution >= 0.6 is 0 Å². The zero-order valence-corrected chi connectivity index (χ0v) is 24.1. The van der Waals surface area contributed by atoms with Crippen LogP contribution in [-0.2, 0) is 22.5 Å². The number of carbonyl (C=O) groups is 1. The number of carbonyl (C=O) groups excluding carboxylic acids is 1. The molecule has 206 valence electrons. The maximum Gasteiger partial charge on any atom is 0.306 e. The molecule has 37 heavy (non-hydrogen) atoms. The molecule has 2 aromatic rings. The molecule has 0 aliphatic heterocycles. The van der Waals surface area contributed by atoms with E-state index in [0.717, 1.165) is 42.6 Å². The maximum absolute atomic E-state index is 12.4. The van der Waals surface area contributed by atoms with Crippen molar-refractivity contribution in [3.8, 4) is 5.75 Å². The third kappa shape index (κ3) is 14.3. The van der Waals surface area contributed by atoms with Crippen molar-refractivity contribution >= 4 is 5.97 Å². The summed E-state index contributed by atoms with van der Waals surface area (Å²) in [5, 5.41) is 0. The Labute approximate surface area is 227 Å². The smallest absolute Gasteiger partial charge is 0.306 e. The molecule has 0 aliphatic carbocycles.